The summed E-state index contributed by atoms with van der Waals surface area (Å²) >= 11 is 0. The average Bonchev–Trinajstić information content (AvgIpc) is 2.40. The lowest BCUT2D eigenvalue weighted by molar-refractivity contribution is 0.296. The highest BCUT2D eigenvalue weighted by molar-refractivity contribution is 5.53. The molecule has 3 heteroatoms. The largest absolute Gasteiger partial charge is 0.368 e. The van der Waals surface area contributed by atoms with Crippen molar-refractivity contribution in [2.75, 3.05) is 11.4 Å². The first-order valence-corrected chi connectivity index (χ1v) is 8.22. The van der Waals surface area contributed by atoms with Crippen molar-refractivity contribution in [1.29, 1.82) is 0 Å². The molecule has 2 heterocycles. The zero-order chi connectivity index (χ0) is 15.6. The Bertz CT molecular complexity index is 464. The van der Waals surface area contributed by atoms with E-state index in [2.05, 4.69) is 62.8 Å². The van der Waals surface area contributed by atoms with Gasteiger partial charge in [-0.05, 0) is 52.0 Å². The Morgan fingerprint density at radius 1 is 1.29 bits per heavy atom. The molecule has 0 saturated carbocycles. The molecule has 1 aromatic heterocycles. The van der Waals surface area contributed by atoms with Gasteiger partial charge in [0.25, 0.3) is 0 Å². The first-order chi connectivity index (χ1) is 9.78. The van der Waals surface area contributed by atoms with Gasteiger partial charge in [0.2, 0.25) is 0 Å². The molecule has 21 heavy (non-hydrogen) atoms. The van der Waals surface area contributed by atoms with Crippen LogP contribution in [0.1, 0.15) is 53.5 Å². The first kappa shape index (κ1) is 16.3. The fraction of sp³-hybridized carbons (Fsp3) is 0.722. The minimum absolute atomic E-state index is 0.126. The van der Waals surface area contributed by atoms with E-state index in [0.717, 1.165) is 24.9 Å². The molecule has 0 bridgehead atoms. The molecule has 1 aliphatic rings. The number of pyridine rings is 1. The van der Waals surface area contributed by atoms with E-state index in [4.69, 9.17) is 0 Å². The molecule has 118 valence electrons. The second-order valence-corrected chi connectivity index (χ2v) is 7.82. The van der Waals surface area contributed by atoms with Gasteiger partial charge in [0.1, 0.15) is 0 Å². The Hall–Kier alpha value is -1.09. The molecule has 1 saturated heterocycles. The van der Waals surface area contributed by atoms with Crippen molar-refractivity contribution in [3.63, 3.8) is 0 Å². The summed E-state index contributed by atoms with van der Waals surface area (Å²) in [7, 11) is 0. The summed E-state index contributed by atoms with van der Waals surface area (Å²) < 4.78 is 0. The predicted octanol–water partition coefficient (Wildman–Crippen LogP) is 3.84. The summed E-state index contributed by atoms with van der Waals surface area (Å²) in [4.78, 5) is 6.92. The van der Waals surface area contributed by atoms with Crippen LogP contribution in [0.5, 0.6) is 0 Å². The lowest BCUT2D eigenvalue weighted by atomic mass is 9.85. The topological polar surface area (TPSA) is 28.2 Å². The standard InChI is InChI=1S/C18H31N3/c1-13-9-14(2)15(3)21(12-13)17-7-8-19-10-16(17)11-20-18(4,5)6/h7-8,10,13-15,20H,9,11-12H2,1-6H3. The molecule has 1 aromatic rings. The van der Waals surface area contributed by atoms with Crippen LogP contribution in [-0.2, 0) is 6.54 Å². The van der Waals surface area contributed by atoms with Gasteiger partial charge < -0.3 is 10.2 Å². The highest BCUT2D eigenvalue weighted by Gasteiger charge is 2.30. The third-order valence-corrected chi connectivity index (χ3v) is 4.59. The van der Waals surface area contributed by atoms with Gasteiger partial charge in [-0.3, -0.25) is 4.98 Å². The second kappa shape index (κ2) is 6.35. The summed E-state index contributed by atoms with van der Waals surface area (Å²) in [5.74, 6) is 1.50. The fourth-order valence-electron chi connectivity index (χ4n) is 3.23. The SMILES string of the molecule is CC1CC(C)C(C)N(c2ccncc2CNC(C)(C)C)C1. The zero-order valence-electron chi connectivity index (χ0n) is 14.5. The molecule has 3 atom stereocenters. The first-order valence-electron chi connectivity index (χ1n) is 8.22. The molecule has 1 fully saturated rings. The minimum Gasteiger partial charge on any atom is -0.368 e. The van der Waals surface area contributed by atoms with Crippen molar-refractivity contribution < 1.29 is 0 Å². The van der Waals surface area contributed by atoms with Crippen LogP contribution in [-0.4, -0.2) is 23.1 Å². The third kappa shape index (κ3) is 4.19. The van der Waals surface area contributed by atoms with Gasteiger partial charge in [-0.1, -0.05) is 13.8 Å². The molecule has 1 N–H and O–H groups in total. The van der Waals surface area contributed by atoms with E-state index < -0.39 is 0 Å². The summed E-state index contributed by atoms with van der Waals surface area (Å²) in [6.45, 7) is 15.7. The number of aromatic nitrogens is 1. The molecule has 0 spiro atoms. The quantitative estimate of drug-likeness (QED) is 0.916. The number of hydrogen-bond donors (Lipinski definition) is 1. The van der Waals surface area contributed by atoms with Crippen molar-refractivity contribution in [3.8, 4) is 0 Å². The third-order valence-electron chi connectivity index (χ3n) is 4.59. The van der Waals surface area contributed by atoms with Crippen LogP contribution in [0.3, 0.4) is 0 Å². The molecule has 0 radical (unpaired) electrons. The monoisotopic (exact) mass is 289 g/mol. The van der Waals surface area contributed by atoms with Crippen molar-refractivity contribution in [1.82, 2.24) is 10.3 Å². The maximum atomic E-state index is 4.34. The Morgan fingerprint density at radius 2 is 2.00 bits per heavy atom. The lowest BCUT2D eigenvalue weighted by Gasteiger charge is -2.43. The Morgan fingerprint density at radius 3 is 2.67 bits per heavy atom. The predicted molar refractivity (Wildman–Crippen MR) is 90.6 cm³/mol. The van der Waals surface area contributed by atoms with E-state index in [0.29, 0.717) is 6.04 Å². The van der Waals surface area contributed by atoms with E-state index in [-0.39, 0.29) is 5.54 Å². The fourth-order valence-corrected chi connectivity index (χ4v) is 3.23. The van der Waals surface area contributed by atoms with Gasteiger partial charge in [0, 0.05) is 48.3 Å². The highest BCUT2D eigenvalue weighted by atomic mass is 15.2. The van der Waals surface area contributed by atoms with E-state index in [1.807, 2.05) is 12.4 Å². The second-order valence-electron chi connectivity index (χ2n) is 7.82. The minimum atomic E-state index is 0.126. The summed E-state index contributed by atoms with van der Waals surface area (Å²) in [5, 5.41) is 3.59. The van der Waals surface area contributed by atoms with Crippen molar-refractivity contribution in [2.45, 2.75) is 66.1 Å². The van der Waals surface area contributed by atoms with Crippen LogP contribution in [0.4, 0.5) is 5.69 Å². The van der Waals surface area contributed by atoms with E-state index in [1.165, 1.54) is 17.7 Å². The molecule has 0 amide bonds. The Balaban J connectivity index is 2.22. The van der Waals surface area contributed by atoms with E-state index in [1.54, 1.807) is 0 Å². The molecular formula is C18H31N3. The van der Waals surface area contributed by atoms with Gasteiger partial charge in [0.15, 0.2) is 0 Å². The number of anilines is 1. The maximum absolute atomic E-state index is 4.34. The maximum Gasteiger partial charge on any atom is 0.0445 e. The molecular weight excluding hydrogens is 258 g/mol. The molecule has 1 aliphatic heterocycles. The number of rotatable bonds is 3. The number of piperidine rings is 1. The van der Waals surface area contributed by atoms with Gasteiger partial charge >= 0.3 is 0 Å². The van der Waals surface area contributed by atoms with Crippen LogP contribution < -0.4 is 10.2 Å². The number of hydrogen-bond acceptors (Lipinski definition) is 3. The van der Waals surface area contributed by atoms with E-state index >= 15 is 0 Å². The van der Waals surface area contributed by atoms with Gasteiger partial charge in [-0.15, -0.1) is 0 Å². The molecule has 3 nitrogen and oxygen atoms in total. The Kier molecular flexibility index (Phi) is 4.92. The van der Waals surface area contributed by atoms with Crippen molar-refractivity contribution in [2.24, 2.45) is 11.8 Å². The van der Waals surface area contributed by atoms with Crippen LogP contribution in [0.25, 0.3) is 0 Å². The lowest BCUT2D eigenvalue weighted by Crippen LogP contribution is -2.46. The summed E-state index contributed by atoms with van der Waals surface area (Å²) in [6, 6.07) is 2.78. The normalized spacial score (nSPS) is 27.0. The molecule has 3 unspecified atom stereocenters. The van der Waals surface area contributed by atoms with Gasteiger partial charge in [-0.25, -0.2) is 0 Å². The van der Waals surface area contributed by atoms with Crippen LogP contribution in [0.15, 0.2) is 18.5 Å². The smallest absolute Gasteiger partial charge is 0.0445 e. The number of nitrogens with one attached hydrogen (secondary N) is 1. The number of nitrogens with zero attached hydrogens (tertiary/aromatic N) is 2. The summed E-state index contributed by atoms with van der Waals surface area (Å²) in [5.41, 5.74) is 2.79. The zero-order valence-corrected chi connectivity index (χ0v) is 14.5. The Labute approximate surface area is 130 Å². The van der Waals surface area contributed by atoms with Crippen LogP contribution >= 0.6 is 0 Å². The van der Waals surface area contributed by atoms with Crippen molar-refractivity contribution >= 4 is 5.69 Å². The van der Waals surface area contributed by atoms with Crippen LogP contribution in [0.2, 0.25) is 0 Å². The van der Waals surface area contributed by atoms with Gasteiger partial charge in [-0.2, -0.15) is 0 Å². The summed E-state index contributed by atoms with van der Waals surface area (Å²) in [6.07, 6.45) is 5.27. The highest BCUT2D eigenvalue weighted by Crippen LogP contribution is 2.32. The van der Waals surface area contributed by atoms with Gasteiger partial charge in [0.05, 0.1) is 0 Å². The molecule has 0 aliphatic carbocycles. The molecule has 0 aromatic carbocycles. The molecule has 2 rings (SSSR count). The van der Waals surface area contributed by atoms with E-state index in [9.17, 15) is 0 Å². The average molecular weight is 289 g/mol. The van der Waals surface area contributed by atoms with Crippen molar-refractivity contribution in [3.05, 3.63) is 24.0 Å². The van der Waals surface area contributed by atoms with Crippen LogP contribution in [0, 0.1) is 11.8 Å².